The van der Waals surface area contributed by atoms with Crippen LogP contribution in [-0.2, 0) is 0 Å². The Labute approximate surface area is 111 Å². The molecule has 4 nitrogen and oxygen atoms in total. The van der Waals surface area contributed by atoms with Crippen LogP contribution in [0.4, 0.5) is 11.6 Å². The van der Waals surface area contributed by atoms with Crippen LogP contribution in [0.15, 0.2) is 12.4 Å². The first-order chi connectivity index (χ1) is 8.65. The number of hydrogen-bond donors (Lipinski definition) is 2. The van der Waals surface area contributed by atoms with E-state index in [1.807, 2.05) is 0 Å². The average molecular weight is 250 g/mol. The van der Waals surface area contributed by atoms with Gasteiger partial charge in [-0.3, -0.25) is 4.98 Å². The SMILES string of the molecule is CCCNc1cncc(NC(C)CC(C)CC)n1. The van der Waals surface area contributed by atoms with Gasteiger partial charge in [0.25, 0.3) is 0 Å². The summed E-state index contributed by atoms with van der Waals surface area (Å²) in [6.45, 7) is 9.77. The Bertz CT molecular complexity index is 340. The van der Waals surface area contributed by atoms with Crippen molar-refractivity contribution in [3.63, 3.8) is 0 Å². The number of nitrogens with zero attached hydrogens (tertiary/aromatic N) is 2. The summed E-state index contributed by atoms with van der Waals surface area (Å²) in [6.07, 6.45) is 7.01. The van der Waals surface area contributed by atoms with E-state index in [1.54, 1.807) is 12.4 Å². The second kappa shape index (κ2) is 7.90. The normalized spacial score (nSPS) is 14.0. The molecule has 0 saturated carbocycles. The van der Waals surface area contributed by atoms with E-state index in [1.165, 1.54) is 6.42 Å². The van der Waals surface area contributed by atoms with E-state index in [4.69, 9.17) is 0 Å². The van der Waals surface area contributed by atoms with E-state index in [0.29, 0.717) is 6.04 Å². The van der Waals surface area contributed by atoms with Crippen LogP contribution < -0.4 is 10.6 Å². The molecule has 0 aromatic carbocycles. The molecule has 0 saturated heterocycles. The molecule has 2 N–H and O–H groups in total. The van der Waals surface area contributed by atoms with Crippen LogP contribution >= 0.6 is 0 Å². The van der Waals surface area contributed by atoms with Gasteiger partial charge in [-0.05, 0) is 25.7 Å². The maximum absolute atomic E-state index is 4.50. The van der Waals surface area contributed by atoms with Crippen molar-refractivity contribution in [1.82, 2.24) is 9.97 Å². The summed E-state index contributed by atoms with van der Waals surface area (Å²) in [5.41, 5.74) is 0. The van der Waals surface area contributed by atoms with Gasteiger partial charge in [-0.25, -0.2) is 4.98 Å². The topological polar surface area (TPSA) is 49.8 Å². The molecule has 2 atom stereocenters. The lowest BCUT2D eigenvalue weighted by molar-refractivity contribution is 0.483. The van der Waals surface area contributed by atoms with Gasteiger partial charge in [-0.15, -0.1) is 0 Å². The van der Waals surface area contributed by atoms with E-state index in [2.05, 4.69) is 48.3 Å². The Hall–Kier alpha value is -1.32. The minimum atomic E-state index is 0.427. The van der Waals surface area contributed by atoms with Gasteiger partial charge in [0.1, 0.15) is 11.6 Å². The molecule has 0 aliphatic heterocycles. The van der Waals surface area contributed by atoms with Gasteiger partial charge in [0.2, 0.25) is 0 Å². The highest BCUT2D eigenvalue weighted by atomic mass is 15.1. The Balaban J connectivity index is 2.50. The molecule has 1 aromatic heterocycles. The molecule has 0 fully saturated rings. The fourth-order valence-corrected chi connectivity index (χ4v) is 1.86. The number of aromatic nitrogens is 2. The zero-order chi connectivity index (χ0) is 13.4. The summed E-state index contributed by atoms with van der Waals surface area (Å²) in [7, 11) is 0. The van der Waals surface area contributed by atoms with Crippen LogP contribution in [-0.4, -0.2) is 22.6 Å². The average Bonchev–Trinajstić information content (AvgIpc) is 2.36. The lowest BCUT2D eigenvalue weighted by Crippen LogP contribution is -2.19. The molecule has 0 radical (unpaired) electrons. The van der Waals surface area contributed by atoms with Crippen molar-refractivity contribution < 1.29 is 0 Å². The molecule has 0 bridgehead atoms. The molecule has 102 valence electrons. The summed E-state index contributed by atoms with van der Waals surface area (Å²) in [5.74, 6) is 2.44. The number of anilines is 2. The van der Waals surface area contributed by atoms with Gasteiger partial charge in [0, 0.05) is 12.6 Å². The standard InChI is InChI=1S/C14H26N4/c1-5-7-16-13-9-15-10-14(18-13)17-12(4)8-11(3)6-2/h9-12H,5-8H2,1-4H3,(H2,16,17,18). The van der Waals surface area contributed by atoms with Crippen molar-refractivity contribution in [2.75, 3.05) is 17.2 Å². The van der Waals surface area contributed by atoms with Crippen molar-refractivity contribution in [1.29, 1.82) is 0 Å². The quantitative estimate of drug-likeness (QED) is 0.741. The summed E-state index contributed by atoms with van der Waals surface area (Å²) in [5, 5.41) is 6.66. The molecular formula is C14H26N4. The number of rotatable bonds is 8. The summed E-state index contributed by atoms with van der Waals surface area (Å²) in [4.78, 5) is 8.70. The highest BCUT2D eigenvalue weighted by Gasteiger charge is 2.08. The maximum Gasteiger partial charge on any atom is 0.147 e. The third-order valence-corrected chi connectivity index (χ3v) is 3.04. The zero-order valence-electron chi connectivity index (χ0n) is 12.0. The molecular weight excluding hydrogens is 224 g/mol. The Morgan fingerprint density at radius 1 is 1.17 bits per heavy atom. The number of nitrogens with one attached hydrogen (secondary N) is 2. The van der Waals surface area contributed by atoms with Crippen LogP contribution in [0.25, 0.3) is 0 Å². The van der Waals surface area contributed by atoms with Gasteiger partial charge in [-0.2, -0.15) is 0 Å². The van der Waals surface area contributed by atoms with Crippen molar-refractivity contribution in [3.8, 4) is 0 Å². The largest absolute Gasteiger partial charge is 0.369 e. The van der Waals surface area contributed by atoms with Crippen LogP contribution in [0.2, 0.25) is 0 Å². The summed E-state index contributed by atoms with van der Waals surface area (Å²) in [6, 6.07) is 0.427. The summed E-state index contributed by atoms with van der Waals surface area (Å²) < 4.78 is 0. The van der Waals surface area contributed by atoms with E-state index in [9.17, 15) is 0 Å². The lowest BCUT2D eigenvalue weighted by Gasteiger charge is -2.18. The minimum absolute atomic E-state index is 0.427. The van der Waals surface area contributed by atoms with Crippen LogP contribution in [0, 0.1) is 5.92 Å². The molecule has 1 aromatic rings. The third kappa shape index (κ3) is 5.34. The second-order valence-electron chi connectivity index (χ2n) is 5.01. The van der Waals surface area contributed by atoms with Crippen molar-refractivity contribution in [2.24, 2.45) is 5.92 Å². The Morgan fingerprint density at radius 3 is 2.56 bits per heavy atom. The third-order valence-electron chi connectivity index (χ3n) is 3.04. The fourth-order valence-electron chi connectivity index (χ4n) is 1.86. The van der Waals surface area contributed by atoms with Crippen molar-refractivity contribution in [2.45, 2.75) is 53.0 Å². The van der Waals surface area contributed by atoms with Gasteiger partial charge in [0.05, 0.1) is 12.4 Å². The van der Waals surface area contributed by atoms with Crippen molar-refractivity contribution >= 4 is 11.6 Å². The van der Waals surface area contributed by atoms with Crippen molar-refractivity contribution in [3.05, 3.63) is 12.4 Å². The molecule has 18 heavy (non-hydrogen) atoms. The highest BCUT2D eigenvalue weighted by molar-refractivity contribution is 5.41. The Morgan fingerprint density at radius 2 is 1.89 bits per heavy atom. The molecule has 0 aliphatic carbocycles. The fraction of sp³-hybridized carbons (Fsp3) is 0.714. The van der Waals surface area contributed by atoms with Crippen LogP contribution in [0.1, 0.15) is 47.0 Å². The molecule has 0 aliphatic rings. The molecule has 2 unspecified atom stereocenters. The zero-order valence-corrected chi connectivity index (χ0v) is 12.0. The highest BCUT2D eigenvalue weighted by Crippen LogP contribution is 2.14. The number of hydrogen-bond acceptors (Lipinski definition) is 4. The first-order valence-electron chi connectivity index (χ1n) is 6.98. The first-order valence-corrected chi connectivity index (χ1v) is 6.98. The smallest absolute Gasteiger partial charge is 0.147 e. The van der Waals surface area contributed by atoms with Gasteiger partial charge < -0.3 is 10.6 Å². The monoisotopic (exact) mass is 250 g/mol. The van der Waals surface area contributed by atoms with E-state index in [0.717, 1.165) is 36.9 Å². The predicted octanol–water partition coefficient (Wildman–Crippen LogP) is 3.54. The summed E-state index contributed by atoms with van der Waals surface area (Å²) >= 11 is 0. The van der Waals surface area contributed by atoms with E-state index >= 15 is 0 Å². The van der Waals surface area contributed by atoms with Gasteiger partial charge in [-0.1, -0.05) is 27.2 Å². The predicted molar refractivity (Wildman–Crippen MR) is 78.0 cm³/mol. The molecule has 1 heterocycles. The van der Waals surface area contributed by atoms with Gasteiger partial charge >= 0.3 is 0 Å². The molecule has 1 rings (SSSR count). The second-order valence-corrected chi connectivity index (χ2v) is 5.01. The van der Waals surface area contributed by atoms with Gasteiger partial charge in [0.15, 0.2) is 0 Å². The minimum Gasteiger partial charge on any atom is -0.369 e. The Kier molecular flexibility index (Phi) is 6.47. The van der Waals surface area contributed by atoms with E-state index in [-0.39, 0.29) is 0 Å². The van der Waals surface area contributed by atoms with Crippen LogP contribution in [0.5, 0.6) is 0 Å². The first kappa shape index (κ1) is 14.7. The molecule has 4 heteroatoms. The van der Waals surface area contributed by atoms with Crippen LogP contribution in [0.3, 0.4) is 0 Å². The maximum atomic E-state index is 4.50. The van der Waals surface area contributed by atoms with E-state index < -0.39 is 0 Å². The lowest BCUT2D eigenvalue weighted by atomic mass is 10.0. The molecule has 0 spiro atoms. The molecule has 0 amide bonds.